The summed E-state index contributed by atoms with van der Waals surface area (Å²) in [6.45, 7) is 0. The number of nitrogens with zero attached hydrogens (tertiary/aromatic N) is 1. The quantitative estimate of drug-likeness (QED) is 0.236. The molecule has 4 heterocycles. The number of rotatable bonds is 2. The molecule has 0 saturated carbocycles. The van der Waals surface area contributed by atoms with Gasteiger partial charge in [0, 0.05) is 39.3 Å². The van der Waals surface area contributed by atoms with Crippen molar-refractivity contribution in [2.45, 2.75) is 0 Å². The first kappa shape index (κ1) is 20.7. The van der Waals surface area contributed by atoms with E-state index < -0.39 is 0 Å². The molecule has 0 unspecified atom stereocenters. The molecule has 39 heavy (non-hydrogen) atoms. The van der Waals surface area contributed by atoms with Gasteiger partial charge in [-0.1, -0.05) is 60.7 Å². The van der Waals surface area contributed by atoms with E-state index in [4.69, 9.17) is 13.3 Å². The minimum Gasteiger partial charge on any atom is -0.456 e. The Morgan fingerprint density at radius 1 is 0.410 bits per heavy atom. The van der Waals surface area contributed by atoms with Crippen LogP contribution in [0.5, 0.6) is 0 Å². The van der Waals surface area contributed by atoms with Crippen LogP contribution in [0.1, 0.15) is 0 Å². The maximum Gasteiger partial charge on any atom is 0.147 e. The number of pyridine rings is 1. The second-order valence-corrected chi connectivity index (χ2v) is 9.92. The zero-order chi connectivity index (χ0) is 25.5. The molecule has 0 fully saturated rings. The van der Waals surface area contributed by atoms with E-state index in [-0.39, 0.29) is 0 Å². The molecular formula is C35H19NO3. The lowest BCUT2D eigenvalue weighted by molar-refractivity contribution is 0.660. The standard InChI is InChI=1S/C35H19NO3/c1-4-8-27-23(5-1)31-25(22-11-9-20(10-12-22)21-15-17-36-18-16-21)19-30-34(35(31)39-27)33-29(38-30)14-13-28-32(33)24-6-2-3-7-26(24)37-28/h1-19H. The highest BCUT2D eigenvalue weighted by molar-refractivity contribution is 6.33. The van der Waals surface area contributed by atoms with Crippen LogP contribution in [0.15, 0.2) is 129 Å². The molecule has 9 rings (SSSR count). The first-order valence-electron chi connectivity index (χ1n) is 12.9. The van der Waals surface area contributed by atoms with E-state index in [9.17, 15) is 0 Å². The Morgan fingerprint density at radius 2 is 1.00 bits per heavy atom. The first-order valence-corrected chi connectivity index (χ1v) is 12.9. The summed E-state index contributed by atoms with van der Waals surface area (Å²) < 4.78 is 19.4. The van der Waals surface area contributed by atoms with Crippen LogP contribution in [0, 0.1) is 0 Å². The predicted molar refractivity (Wildman–Crippen MR) is 157 cm³/mol. The van der Waals surface area contributed by atoms with Crippen LogP contribution < -0.4 is 0 Å². The first-order chi connectivity index (χ1) is 19.3. The Bertz CT molecular complexity index is 2370. The number of aromatic nitrogens is 1. The van der Waals surface area contributed by atoms with Crippen LogP contribution >= 0.6 is 0 Å². The molecule has 4 heteroatoms. The molecule has 182 valence electrons. The summed E-state index contributed by atoms with van der Waals surface area (Å²) in [6.07, 6.45) is 3.64. The Hall–Kier alpha value is -5.35. The van der Waals surface area contributed by atoms with Gasteiger partial charge in [0.25, 0.3) is 0 Å². The summed E-state index contributed by atoms with van der Waals surface area (Å²) in [7, 11) is 0. The number of hydrogen-bond donors (Lipinski definition) is 0. The van der Waals surface area contributed by atoms with E-state index in [2.05, 4.69) is 53.5 Å². The molecule has 0 aliphatic carbocycles. The molecule has 0 aliphatic rings. The van der Waals surface area contributed by atoms with E-state index in [0.29, 0.717) is 0 Å². The molecule has 0 saturated heterocycles. The molecule has 5 aromatic carbocycles. The largest absolute Gasteiger partial charge is 0.456 e. The van der Waals surface area contributed by atoms with E-state index >= 15 is 0 Å². The Balaban J connectivity index is 1.41. The van der Waals surface area contributed by atoms with Gasteiger partial charge < -0.3 is 13.3 Å². The van der Waals surface area contributed by atoms with Gasteiger partial charge in [0.2, 0.25) is 0 Å². The fourth-order valence-electron chi connectivity index (χ4n) is 6.06. The van der Waals surface area contributed by atoms with Crippen molar-refractivity contribution in [2.24, 2.45) is 0 Å². The number of fused-ring (bicyclic) bond motifs is 11. The zero-order valence-electron chi connectivity index (χ0n) is 20.6. The van der Waals surface area contributed by atoms with Crippen molar-refractivity contribution >= 4 is 65.8 Å². The van der Waals surface area contributed by atoms with Crippen molar-refractivity contribution in [3.8, 4) is 22.3 Å². The molecule has 0 bridgehead atoms. The number of benzene rings is 5. The fraction of sp³-hybridized carbons (Fsp3) is 0. The topological polar surface area (TPSA) is 52.3 Å². The highest BCUT2D eigenvalue weighted by Crippen LogP contribution is 2.47. The molecule has 0 aliphatic heterocycles. The molecule has 4 nitrogen and oxygen atoms in total. The molecule has 0 amide bonds. The van der Waals surface area contributed by atoms with Gasteiger partial charge in [-0.3, -0.25) is 4.98 Å². The average molecular weight is 502 g/mol. The molecule has 9 aromatic rings. The Labute approximate surface area is 221 Å². The van der Waals surface area contributed by atoms with Gasteiger partial charge >= 0.3 is 0 Å². The monoisotopic (exact) mass is 501 g/mol. The van der Waals surface area contributed by atoms with Crippen LogP contribution in [-0.4, -0.2) is 4.98 Å². The van der Waals surface area contributed by atoms with Crippen LogP contribution in [0.3, 0.4) is 0 Å². The minimum atomic E-state index is 0.794. The molecule has 0 atom stereocenters. The summed E-state index contributed by atoms with van der Waals surface area (Å²) in [6, 6.07) is 35.3. The lowest BCUT2D eigenvalue weighted by atomic mass is 9.95. The lowest BCUT2D eigenvalue weighted by Gasteiger charge is -2.07. The van der Waals surface area contributed by atoms with Crippen molar-refractivity contribution in [2.75, 3.05) is 0 Å². The summed E-state index contributed by atoms with van der Waals surface area (Å²) in [4.78, 5) is 4.15. The van der Waals surface area contributed by atoms with Gasteiger partial charge in [-0.05, 0) is 64.7 Å². The van der Waals surface area contributed by atoms with E-state index in [1.54, 1.807) is 0 Å². The third-order valence-corrected chi connectivity index (χ3v) is 7.80. The van der Waals surface area contributed by atoms with Gasteiger partial charge in [0.15, 0.2) is 0 Å². The van der Waals surface area contributed by atoms with Crippen LogP contribution in [0.25, 0.3) is 88.1 Å². The van der Waals surface area contributed by atoms with Crippen LogP contribution in [-0.2, 0) is 0 Å². The third kappa shape index (κ3) is 2.85. The number of para-hydroxylation sites is 2. The Kier molecular flexibility index (Phi) is 4.02. The van der Waals surface area contributed by atoms with Crippen LogP contribution in [0.4, 0.5) is 0 Å². The minimum absolute atomic E-state index is 0.794. The van der Waals surface area contributed by atoms with Gasteiger partial charge in [-0.2, -0.15) is 0 Å². The van der Waals surface area contributed by atoms with E-state index in [1.165, 1.54) is 0 Å². The average Bonchev–Trinajstić information content (AvgIpc) is 3.68. The molecular weight excluding hydrogens is 482 g/mol. The maximum atomic E-state index is 6.63. The van der Waals surface area contributed by atoms with Crippen molar-refractivity contribution in [1.29, 1.82) is 0 Å². The molecule has 0 spiro atoms. The lowest BCUT2D eigenvalue weighted by Crippen LogP contribution is -1.83. The summed E-state index contributed by atoms with van der Waals surface area (Å²) in [5.74, 6) is 0. The Morgan fingerprint density at radius 3 is 1.77 bits per heavy atom. The SMILES string of the molecule is c1ccc2c(c1)oc1c2c(-c2ccc(-c3ccncc3)cc2)cc2oc3ccc4oc5ccccc5c4c3c21. The molecule has 0 radical (unpaired) electrons. The van der Waals surface area contributed by atoms with Crippen LogP contribution in [0.2, 0.25) is 0 Å². The second-order valence-electron chi connectivity index (χ2n) is 9.92. The maximum absolute atomic E-state index is 6.63. The predicted octanol–water partition coefficient (Wildman–Crippen LogP) is 10.1. The number of hydrogen-bond acceptors (Lipinski definition) is 4. The second kappa shape index (κ2) is 7.59. The summed E-state index contributed by atoms with van der Waals surface area (Å²) in [5.41, 5.74) is 9.47. The van der Waals surface area contributed by atoms with Crippen molar-refractivity contribution in [3.63, 3.8) is 0 Å². The van der Waals surface area contributed by atoms with Crippen molar-refractivity contribution < 1.29 is 13.3 Å². The smallest absolute Gasteiger partial charge is 0.147 e. The van der Waals surface area contributed by atoms with Crippen molar-refractivity contribution in [1.82, 2.24) is 4.98 Å². The number of furan rings is 3. The third-order valence-electron chi connectivity index (χ3n) is 7.80. The van der Waals surface area contributed by atoms with E-state index in [1.807, 2.05) is 67.0 Å². The van der Waals surface area contributed by atoms with Gasteiger partial charge in [-0.25, -0.2) is 0 Å². The summed E-state index contributed by atoms with van der Waals surface area (Å²) >= 11 is 0. The molecule has 0 N–H and O–H groups in total. The molecule has 4 aromatic heterocycles. The highest BCUT2D eigenvalue weighted by Gasteiger charge is 2.23. The normalized spacial score (nSPS) is 12.1. The van der Waals surface area contributed by atoms with Gasteiger partial charge in [0.05, 0.1) is 5.39 Å². The highest BCUT2D eigenvalue weighted by atomic mass is 16.3. The van der Waals surface area contributed by atoms with Gasteiger partial charge in [-0.15, -0.1) is 0 Å². The van der Waals surface area contributed by atoms with E-state index in [0.717, 1.165) is 88.1 Å². The van der Waals surface area contributed by atoms with Gasteiger partial charge in [0.1, 0.15) is 33.5 Å². The zero-order valence-corrected chi connectivity index (χ0v) is 20.6. The van der Waals surface area contributed by atoms with Crippen molar-refractivity contribution in [3.05, 3.63) is 116 Å². The summed E-state index contributed by atoms with van der Waals surface area (Å²) in [5, 5.41) is 6.30. The fourth-order valence-corrected chi connectivity index (χ4v) is 6.06.